The summed E-state index contributed by atoms with van der Waals surface area (Å²) in [5, 5.41) is 4.42. The van der Waals surface area contributed by atoms with Crippen LogP contribution in [-0.2, 0) is 6.54 Å². The molecule has 1 aliphatic rings. The lowest BCUT2D eigenvalue weighted by Gasteiger charge is -2.46. The van der Waals surface area contributed by atoms with Crippen molar-refractivity contribution >= 4 is 11.6 Å². The average Bonchev–Trinajstić information content (AvgIpc) is 2.36. The molecular weight excluding hydrogens is 258 g/mol. The molecular formula is C15H24ClN3. The van der Waals surface area contributed by atoms with Gasteiger partial charge in [0.05, 0.1) is 5.02 Å². The minimum absolute atomic E-state index is 0.164. The van der Waals surface area contributed by atoms with Gasteiger partial charge in [0.25, 0.3) is 0 Å². The molecule has 1 unspecified atom stereocenters. The van der Waals surface area contributed by atoms with Crippen molar-refractivity contribution < 1.29 is 0 Å². The zero-order valence-electron chi connectivity index (χ0n) is 12.1. The van der Waals surface area contributed by atoms with E-state index in [1.54, 1.807) is 6.20 Å². The predicted octanol–water partition coefficient (Wildman–Crippen LogP) is 3.09. The summed E-state index contributed by atoms with van der Waals surface area (Å²) < 4.78 is 0. The first-order chi connectivity index (χ1) is 9.03. The van der Waals surface area contributed by atoms with Crippen LogP contribution in [0.3, 0.4) is 0 Å². The molecule has 1 atom stereocenters. The molecule has 2 rings (SSSR count). The van der Waals surface area contributed by atoms with Gasteiger partial charge in [-0.1, -0.05) is 24.9 Å². The molecule has 106 valence electrons. The van der Waals surface area contributed by atoms with Crippen molar-refractivity contribution in [2.24, 2.45) is 0 Å². The van der Waals surface area contributed by atoms with E-state index >= 15 is 0 Å². The first-order valence-electron chi connectivity index (χ1n) is 7.10. The molecule has 2 heterocycles. The van der Waals surface area contributed by atoms with Crippen LogP contribution >= 0.6 is 11.6 Å². The fourth-order valence-electron chi connectivity index (χ4n) is 2.64. The first-order valence-corrected chi connectivity index (χ1v) is 7.47. The van der Waals surface area contributed by atoms with Gasteiger partial charge < -0.3 is 5.32 Å². The molecule has 4 heteroatoms. The van der Waals surface area contributed by atoms with E-state index in [-0.39, 0.29) is 5.54 Å². The Hall–Kier alpha value is -0.640. The van der Waals surface area contributed by atoms with Crippen LogP contribution in [0.25, 0.3) is 0 Å². The Labute approximate surface area is 121 Å². The maximum atomic E-state index is 6.23. The number of aromatic nitrogens is 1. The van der Waals surface area contributed by atoms with Gasteiger partial charge in [-0.15, -0.1) is 0 Å². The zero-order chi connectivity index (χ0) is 13.9. The Bertz CT molecular complexity index is 420. The van der Waals surface area contributed by atoms with E-state index in [2.05, 4.69) is 36.0 Å². The van der Waals surface area contributed by atoms with Crippen molar-refractivity contribution in [3.8, 4) is 0 Å². The number of halogens is 1. The van der Waals surface area contributed by atoms with Crippen molar-refractivity contribution in [1.82, 2.24) is 15.2 Å². The molecule has 0 aliphatic carbocycles. The summed E-state index contributed by atoms with van der Waals surface area (Å²) in [5.74, 6) is 0. The summed E-state index contributed by atoms with van der Waals surface area (Å²) in [6, 6.07) is 2.62. The number of nitrogens with one attached hydrogen (secondary N) is 1. The number of pyridine rings is 1. The topological polar surface area (TPSA) is 28.2 Å². The molecule has 0 aromatic carbocycles. The summed E-state index contributed by atoms with van der Waals surface area (Å²) in [5.41, 5.74) is 1.33. The lowest BCUT2D eigenvalue weighted by atomic mass is 9.95. The lowest BCUT2D eigenvalue weighted by molar-refractivity contribution is 0.0564. The highest BCUT2D eigenvalue weighted by Gasteiger charge is 2.33. The maximum Gasteiger partial charge on any atom is 0.0634 e. The van der Waals surface area contributed by atoms with Gasteiger partial charge in [0, 0.05) is 43.6 Å². The number of hydrogen-bond acceptors (Lipinski definition) is 3. The van der Waals surface area contributed by atoms with E-state index in [1.165, 1.54) is 18.4 Å². The molecule has 0 saturated carbocycles. The molecule has 1 fully saturated rings. The largest absolute Gasteiger partial charge is 0.311 e. The minimum atomic E-state index is 0.164. The summed E-state index contributed by atoms with van der Waals surface area (Å²) in [6.45, 7) is 9.83. The van der Waals surface area contributed by atoms with Gasteiger partial charge in [0.15, 0.2) is 0 Å². The second-order valence-electron chi connectivity index (χ2n) is 6.03. The third kappa shape index (κ3) is 3.68. The Balaban J connectivity index is 2.09. The molecule has 0 bridgehead atoms. The van der Waals surface area contributed by atoms with Crippen LogP contribution in [0, 0.1) is 0 Å². The Morgan fingerprint density at radius 1 is 1.53 bits per heavy atom. The zero-order valence-corrected chi connectivity index (χ0v) is 12.9. The van der Waals surface area contributed by atoms with Gasteiger partial charge in [-0.3, -0.25) is 9.88 Å². The highest BCUT2D eigenvalue weighted by Crippen LogP contribution is 2.25. The molecule has 0 radical (unpaired) electrons. The van der Waals surface area contributed by atoms with E-state index in [4.69, 9.17) is 11.6 Å². The normalized spacial score (nSPS) is 23.5. The van der Waals surface area contributed by atoms with Gasteiger partial charge in [0.2, 0.25) is 0 Å². The molecule has 0 amide bonds. The van der Waals surface area contributed by atoms with Gasteiger partial charge in [-0.05, 0) is 31.9 Å². The fourth-order valence-corrected chi connectivity index (χ4v) is 2.82. The van der Waals surface area contributed by atoms with Gasteiger partial charge in [0.1, 0.15) is 0 Å². The van der Waals surface area contributed by atoms with Crippen LogP contribution in [0.5, 0.6) is 0 Å². The fraction of sp³-hybridized carbons (Fsp3) is 0.667. The van der Waals surface area contributed by atoms with E-state index < -0.39 is 0 Å². The molecule has 0 spiro atoms. The van der Waals surface area contributed by atoms with Crippen LogP contribution in [0.4, 0.5) is 0 Å². The van der Waals surface area contributed by atoms with Gasteiger partial charge in [-0.25, -0.2) is 0 Å². The van der Waals surface area contributed by atoms with Crippen LogP contribution in [0.2, 0.25) is 5.02 Å². The minimum Gasteiger partial charge on any atom is -0.311 e. The van der Waals surface area contributed by atoms with Crippen molar-refractivity contribution in [2.75, 3.05) is 13.1 Å². The molecule has 1 aliphatic heterocycles. The third-order valence-corrected chi connectivity index (χ3v) is 4.32. The van der Waals surface area contributed by atoms with E-state index in [1.807, 2.05) is 12.3 Å². The second-order valence-corrected chi connectivity index (χ2v) is 6.43. The number of hydrogen-bond donors (Lipinski definition) is 1. The van der Waals surface area contributed by atoms with Crippen molar-refractivity contribution in [1.29, 1.82) is 0 Å². The first kappa shape index (κ1) is 14.8. The second kappa shape index (κ2) is 6.21. The summed E-state index contributed by atoms with van der Waals surface area (Å²) in [6.07, 6.45) is 6.01. The SMILES string of the molecule is CCCC1CN(Cc2ccncc2Cl)C(C)(C)CN1. The Kier molecular flexibility index (Phi) is 4.82. The summed E-state index contributed by atoms with van der Waals surface area (Å²) in [4.78, 5) is 6.59. The molecule has 1 N–H and O–H groups in total. The summed E-state index contributed by atoms with van der Waals surface area (Å²) in [7, 11) is 0. The molecule has 19 heavy (non-hydrogen) atoms. The summed E-state index contributed by atoms with van der Waals surface area (Å²) >= 11 is 6.23. The standard InChI is InChI=1S/C15H24ClN3/c1-4-5-13-10-19(15(2,3)11-18-13)9-12-6-7-17-8-14(12)16/h6-8,13,18H,4-5,9-11H2,1-3H3. The van der Waals surface area contributed by atoms with Gasteiger partial charge in [-0.2, -0.15) is 0 Å². The van der Waals surface area contributed by atoms with Crippen LogP contribution < -0.4 is 5.32 Å². The third-order valence-electron chi connectivity index (χ3n) is 3.97. The van der Waals surface area contributed by atoms with Crippen LogP contribution in [-0.4, -0.2) is 34.6 Å². The smallest absolute Gasteiger partial charge is 0.0634 e. The van der Waals surface area contributed by atoms with E-state index in [9.17, 15) is 0 Å². The maximum absolute atomic E-state index is 6.23. The molecule has 1 aromatic heterocycles. The highest BCUT2D eigenvalue weighted by atomic mass is 35.5. The number of nitrogens with zero attached hydrogens (tertiary/aromatic N) is 2. The number of piperazine rings is 1. The Morgan fingerprint density at radius 3 is 3.00 bits per heavy atom. The highest BCUT2D eigenvalue weighted by molar-refractivity contribution is 6.31. The molecule has 3 nitrogen and oxygen atoms in total. The van der Waals surface area contributed by atoms with Crippen LogP contribution in [0.15, 0.2) is 18.5 Å². The Morgan fingerprint density at radius 2 is 2.32 bits per heavy atom. The predicted molar refractivity (Wildman–Crippen MR) is 80.4 cm³/mol. The van der Waals surface area contributed by atoms with Crippen LogP contribution in [0.1, 0.15) is 39.2 Å². The number of rotatable bonds is 4. The average molecular weight is 282 g/mol. The van der Waals surface area contributed by atoms with Crippen molar-refractivity contribution in [3.63, 3.8) is 0 Å². The van der Waals surface area contributed by atoms with E-state index in [0.717, 1.165) is 24.7 Å². The van der Waals surface area contributed by atoms with Crippen molar-refractivity contribution in [3.05, 3.63) is 29.0 Å². The lowest BCUT2D eigenvalue weighted by Crippen LogP contribution is -2.61. The molecule has 1 aromatic rings. The quantitative estimate of drug-likeness (QED) is 0.919. The van der Waals surface area contributed by atoms with Gasteiger partial charge >= 0.3 is 0 Å². The monoisotopic (exact) mass is 281 g/mol. The molecule has 1 saturated heterocycles. The van der Waals surface area contributed by atoms with Crippen molar-refractivity contribution in [2.45, 2.75) is 51.7 Å². The van der Waals surface area contributed by atoms with E-state index in [0.29, 0.717) is 6.04 Å².